The van der Waals surface area contributed by atoms with E-state index in [0.717, 1.165) is 19.3 Å². The highest BCUT2D eigenvalue weighted by Crippen LogP contribution is 2.13. The van der Waals surface area contributed by atoms with Crippen LogP contribution in [0.2, 0.25) is 0 Å². The molecule has 0 aromatic heterocycles. The van der Waals surface area contributed by atoms with Crippen molar-refractivity contribution < 1.29 is 13.2 Å². The van der Waals surface area contributed by atoms with Gasteiger partial charge in [0.2, 0.25) is 0 Å². The number of alkyl halides is 3. The van der Waals surface area contributed by atoms with Gasteiger partial charge in [-0.1, -0.05) is 90.4 Å². The molecule has 4 heteroatoms. The maximum atomic E-state index is 11.9. The van der Waals surface area contributed by atoms with E-state index in [1.807, 2.05) is 0 Å². The molecule has 1 N–H and O–H groups in total. The first-order chi connectivity index (χ1) is 10.6. The van der Waals surface area contributed by atoms with Crippen molar-refractivity contribution in [2.24, 2.45) is 0 Å². The molecule has 0 heterocycles. The number of nitrogens with one attached hydrogen (secondary N) is 1. The summed E-state index contributed by atoms with van der Waals surface area (Å²) in [7, 11) is 0. The minimum Gasteiger partial charge on any atom is -0.309 e. The summed E-state index contributed by atoms with van der Waals surface area (Å²) in [5.41, 5.74) is 0. The highest BCUT2D eigenvalue weighted by molar-refractivity contribution is 4.56. The summed E-state index contributed by atoms with van der Waals surface area (Å²) in [5.74, 6) is 0. The maximum absolute atomic E-state index is 11.9. The molecule has 0 aliphatic carbocycles. The molecule has 0 amide bonds. The Morgan fingerprint density at radius 3 is 1.32 bits per heavy atom. The lowest BCUT2D eigenvalue weighted by Crippen LogP contribution is -2.29. The van der Waals surface area contributed by atoms with Gasteiger partial charge in [-0.3, -0.25) is 0 Å². The van der Waals surface area contributed by atoms with Crippen molar-refractivity contribution in [3.05, 3.63) is 0 Å². The smallest absolute Gasteiger partial charge is 0.309 e. The fourth-order valence-electron chi connectivity index (χ4n) is 2.67. The molecule has 0 rings (SSSR count). The lowest BCUT2D eigenvalue weighted by atomic mass is 10.0. The second-order valence-corrected chi connectivity index (χ2v) is 6.39. The van der Waals surface area contributed by atoms with Gasteiger partial charge in [-0.2, -0.15) is 13.2 Å². The minimum absolute atomic E-state index is 0.484. The second-order valence-electron chi connectivity index (χ2n) is 6.39. The van der Waals surface area contributed by atoms with E-state index in [2.05, 4.69) is 12.2 Å². The van der Waals surface area contributed by atoms with Crippen LogP contribution in [0.15, 0.2) is 0 Å². The van der Waals surface area contributed by atoms with Gasteiger partial charge in [-0.05, 0) is 13.0 Å². The van der Waals surface area contributed by atoms with Gasteiger partial charge in [-0.15, -0.1) is 0 Å². The van der Waals surface area contributed by atoms with Crippen LogP contribution in [0, 0.1) is 0 Å². The molecule has 0 atom stereocenters. The van der Waals surface area contributed by atoms with Gasteiger partial charge in [0.25, 0.3) is 0 Å². The molecular formula is C18H36F3N. The van der Waals surface area contributed by atoms with Gasteiger partial charge < -0.3 is 5.32 Å². The monoisotopic (exact) mass is 323 g/mol. The number of rotatable bonds is 16. The molecule has 0 fully saturated rings. The van der Waals surface area contributed by atoms with Gasteiger partial charge in [0, 0.05) is 0 Å². The Kier molecular flexibility index (Phi) is 15.5. The summed E-state index contributed by atoms with van der Waals surface area (Å²) < 4.78 is 35.6. The molecule has 0 spiro atoms. The van der Waals surface area contributed by atoms with E-state index < -0.39 is 12.7 Å². The van der Waals surface area contributed by atoms with E-state index in [4.69, 9.17) is 0 Å². The number of unbranched alkanes of at least 4 members (excludes halogenated alkanes) is 13. The lowest BCUT2D eigenvalue weighted by molar-refractivity contribution is -0.124. The van der Waals surface area contributed by atoms with E-state index in [9.17, 15) is 13.2 Å². The van der Waals surface area contributed by atoms with Gasteiger partial charge in [0.05, 0.1) is 6.54 Å². The minimum atomic E-state index is -4.07. The molecule has 0 aliphatic heterocycles. The summed E-state index contributed by atoms with van der Waals surface area (Å²) >= 11 is 0. The average Bonchev–Trinajstić information content (AvgIpc) is 2.45. The number of hydrogen-bond acceptors (Lipinski definition) is 1. The highest BCUT2D eigenvalue weighted by atomic mass is 19.4. The van der Waals surface area contributed by atoms with Crippen LogP contribution in [0.5, 0.6) is 0 Å². The van der Waals surface area contributed by atoms with E-state index in [1.165, 1.54) is 70.6 Å². The third kappa shape index (κ3) is 19.8. The Balaban J connectivity index is 3.00. The molecule has 22 heavy (non-hydrogen) atoms. The van der Waals surface area contributed by atoms with Crippen molar-refractivity contribution in [1.29, 1.82) is 0 Å². The normalized spacial score (nSPS) is 12.0. The molecule has 0 aliphatic rings. The summed E-state index contributed by atoms with van der Waals surface area (Å²) in [6, 6.07) is 0. The fourth-order valence-corrected chi connectivity index (χ4v) is 2.67. The average molecular weight is 323 g/mol. The predicted molar refractivity (Wildman–Crippen MR) is 89.2 cm³/mol. The summed E-state index contributed by atoms with van der Waals surface area (Å²) in [4.78, 5) is 0. The van der Waals surface area contributed by atoms with Crippen molar-refractivity contribution in [1.82, 2.24) is 5.32 Å². The summed E-state index contributed by atoms with van der Waals surface area (Å²) in [5, 5.41) is 2.44. The molecule has 0 unspecified atom stereocenters. The molecule has 0 aromatic rings. The van der Waals surface area contributed by atoms with Crippen molar-refractivity contribution in [3.8, 4) is 0 Å². The van der Waals surface area contributed by atoms with E-state index in [1.54, 1.807) is 0 Å². The van der Waals surface area contributed by atoms with Gasteiger partial charge in [-0.25, -0.2) is 0 Å². The zero-order valence-corrected chi connectivity index (χ0v) is 14.4. The zero-order chi connectivity index (χ0) is 16.5. The van der Waals surface area contributed by atoms with Crippen LogP contribution >= 0.6 is 0 Å². The van der Waals surface area contributed by atoms with Gasteiger partial charge in [0.15, 0.2) is 0 Å². The van der Waals surface area contributed by atoms with Crippen molar-refractivity contribution in [2.45, 2.75) is 103 Å². The molecule has 1 nitrogen and oxygen atoms in total. The zero-order valence-electron chi connectivity index (χ0n) is 14.4. The number of hydrogen-bond donors (Lipinski definition) is 1. The topological polar surface area (TPSA) is 12.0 Å². The van der Waals surface area contributed by atoms with Crippen LogP contribution in [-0.2, 0) is 0 Å². The van der Waals surface area contributed by atoms with Gasteiger partial charge >= 0.3 is 6.18 Å². The Morgan fingerprint density at radius 2 is 0.955 bits per heavy atom. The molecular weight excluding hydrogens is 287 g/mol. The van der Waals surface area contributed by atoms with Crippen molar-refractivity contribution in [2.75, 3.05) is 13.1 Å². The molecule has 0 saturated carbocycles. The van der Waals surface area contributed by atoms with Crippen molar-refractivity contribution in [3.63, 3.8) is 0 Å². The van der Waals surface area contributed by atoms with E-state index in [0.29, 0.717) is 6.54 Å². The van der Waals surface area contributed by atoms with Crippen LogP contribution in [0.3, 0.4) is 0 Å². The Labute approximate surface area is 135 Å². The first kappa shape index (κ1) is 21.8. The highest BCUT2D eigenvalue weighted by Gasteiger charge is 2.25. The number of halogens is 3. The second kappa shape index (κ2) is 15.6. The Morgan fingerprint density at radius 1 is 0.591 bits per heavy atom. The van der Waals surface area contributed by atoms with Crippen LogP contribution < -0.4 is 5.32 Å². The van der Waals surface area contributed by atoms with E-state index in [-0.39, 0.29) is 0 Å². The third-order valence-electron chi connectivity index (χ3n) is 4.03. The van der Waals surface area contributed by atoms with Crippen molar-refractivity contribution >= 4 is 0 Å². The van der Waals surface area contributed by atoms with Crippen LogP contribution in [0.4, 0.5) is 13.2 Å². The molecule has 0 radical (unpaired) electrons. The third-order valence-corrected chi connectivity index (χ3v) is 4.03. The standard InChI is InChI=1S/C18H36F3N/c1-2-3-4-5-6-7-8-9-10-11-12-13-14-15-16-22-17-18(19,20)21/h22H,2-17H2,1H3. The molecule has 0 bridgehead atoms. The Bertz CT molecular complexity index is 217. The SMILES string of the molecule is CCCCCCCCCCCCCCCCNCC(F)(F)F. The van der Waals surface area contributed by atoms with Crippen LogP contribution in [0.25, 0.3) is 0 Å². The summed E-state index contributed by atoms with van der Waals surface area (Å²) in [6.07, 6.45) is 13.8. The largest absolute Gasteiger partial charge is 0.401 e. The fraction of sp³-hybridized carbons (Fsp3) is 1.00. The first-order valence-corrected chi connectivity index (χ1v) is 9.33. The molecule has 0 saturated heterocycles. The van der Waals surface area contributed by atoms with Crippen LogP contribution in [-0.4, -0.2) is 19.3 Å². The first-order valence-electron chi connectivity index (χ1n) is 9.33. The van der Waals surface area contributed by atoms with Crippen LogP contribution in [0.1, 0.15) is 96.8 Å². The van der Waals surface area contributed by atoms with Gasteiger partial charge in [0.1, 0.15) is 0 Å². The van der Waals surface area contributed by atoms with E-state index >= 15 is 0 Å². The summed E-state index contributed by atoms with van der Waals surface area (Å²) in [6.45, 7) is 1.88. The molecule has 0 aromatic carbocycles. The maximum Gasteiger partial charge on any atom is 0.401 e. The lowest BCUT2D eigenvalue weighted by Gasteiger charge is -2.07. The predicted octanol–water partition coefficient (Wildman–Crippen LogP) is 6.62. The molecule has 134 valence electrons. The quantitative estimate of drug-likeness (QED) is 0.315. The Hall–Kier alpha value is -0.250.